The third-order valence-corrected chi connectivity index (χ3v) is 6.46. The predicted octanol–water partition coefficient (Wildman–Crippen LogP) is 5.15. The molecule has 2 aromatic carbocycles. The van der Waals surface area contributed by atoms with Gasteiger partial charge < -0.3 is 19.5 Å². The smallest absolute Gasteiger partial charge is 0.318 e. The highest BCUT2D eigenvalue weighted by atomic mass is 19.1. The molecule has 0 saturated heterocycles. The topological polar surface area (TPSA) is 64.3 Å². The van der Waals surface area contributed by atoms with Crippen LogP contribution in [0.15, 0.2) is 72.9 Å². The number of hydrogen-bond acceptors (Lipinski definition) is 3. The van der Waals surface area contributed by atoms with Crippen molar-refractivity contribution in [3.8, 4) is 11.5 Å². The first-order chi connectivity index (χ1) is 17.6. The minimum absolute atomic E-state index is 0.215. The standard InChI is InChI=1S/C28H30FN5O2/c1-3-36-17-9-15-30-28(35)33-19-24-20(2)31-34(23-12-5-4-6-13-23)27(24)32-16-8-14-25(32)26(33)21-10-7-11-22(29)18-21/h4-8,10-14,16,18,26H,3,9,15,17,19H2,1-2H3,(H,30,35)/t26-/m1/s1. The number of carbonyl (C=O) groups is 1. The lowest BCUT2D eigenvalue weighted by Crippen LogP contribution is -2.42. The van der Waals surface area contributed by atoms with Gasteiger partial charge in [-0.3, -0.25) is 0 Å². The Hall–Kier alpha value is -3.91. The zero-order chi connectivity index (χ0) is 25.1. The van der Waals surface area contributed by atoms with Crippen LogP contribution in [0.25, 0.3) is 11.5 Å². The fourth-order valence-corrected chi connectivity index (χ4v) is 4.79. The molecule has 1 aliphatic rings. The van der Waals surface area contributed by atoms with Crippen LogP contribution in [0.3, 0.4) is 0 Å². The molecule has 7 nitrogen and oxygen atoms in total. The van der Waals surface area contributed by atoms with E-state index in [1.54, 1.807) is 11.0 Å². The van der Waals surface area contributed by atoms with Crippen LogP contribution in [0.5, 0.6) is 0 Å². The maximum absolute atomic E-state index is 14.4. The molecule has 0 spiro atoms. The first kappa shape index (κ1) is 23.8. The molecule has 36 heavy (non-hydrogen) atoms. The molecule has 8 heteroatoms. The molecule has 0 bridgehead atoms. The maximum atomic E-state index is 14.4. The number of hydrogen-bond donors (Lipinski definition) is 1. The van der Waals surface area contributed by atoms with Gasteiger partial charge in [0.1, 0.15) is 11.6 Å². The van der Waals surface area contributed by atoms with E-state index in [4.69, 9.17) is 9.84 Å². The van der Waals surface area contributed by atoms with Crippen LogP contribution in [0.2, 0.25) is 0 Å². The summed E-state index contributed by atoms with van der Waals surface area (Å²) in [7, 11) is 0. The van der Waals surface area contributed by atoms with Gasteiger partial charge in [-0.2, -0.15) is 5.10 Å². The average molecular weight is 488 g/mol. The number of benzene rings is 2. The number of carbonyl (C=O) groups excluding carboxylic acids is 1. The summed E-state index contributed by atoms with van der Waals surface area (Å²) in [6.45, 7) is 5.95. The van der Waals surface area contributed by atoms with Crippen molar-refractivity contribution in [2.45, 2.75) is 32.9 Å². The fourth-order valence-electron chi connectivity index (χ4n) is 4.79. The normalized spacial score (nSPS) is 14.8. The number of fused-ring (bicyclic) bond motifs is 3. The monoisotopic (exact) mass is 487 g/mol. The molecule has 1 aliphatic heterocycles. The highest BCUT2D eigenvalue weighted by Gasteiger charge is 2.36. The Bertz CT molecular complexity index is 1350. The zero-order valence-electron chi connectivity index (χ0n) is 20.5. The fraction of sp³-hybridized carbons (Fsp3) is 0.286. The Labute approximate surface area is 210 Å². The molecule has 0 radical (unpaired) electrons. The second kappa shape index (κ2) is 10.4. The van der Waals surface area contributed by atoms with E-state index < -0.39 is 6.04 Å². The molecule has 4 aromatic rings. The van der Waals surface area contributed by atoms with Crippen LogP contribution < -0.4 is 5.32 Å². The largest absolute Gasteiger partial charge is 0.382 e. The average Bonchev–Trinajstić information content (AvgIpc) is 3.44. The van der Waals surface area contributed by atoms with E-state index in [0.717, 1.165) is 28.5 Å². The summed E-state index contributed by atoms with van der Waals surface area (Å²) in [5.41, 5.74) is 4.28. The Balaban J connectivity index is 1.61. The third kappa shape index (κ3) is 4.52. The van der Waals surface area contributed by atoms with Crippen molar-refractivity contribution in [1.82, 2.24) is 24.6 Å². The predicted molar refractivity (Wildman–Crippen MR) is 136 cm³/mol. The summed E-state index contributed by atoms with van der Waals surface area (Å²) >= 11 is 0. The Morgan fingerprint density at radius 3 is 2.75 bits per heavy atom. The number of urea groups is 1. The van der Waals surface area contributed by atoms with Gasteiger partial charge in [-0.05, 0) is 62.2 Å². The van der Waals surface area contributed by atoms with Crippen molar-refractivity contribution in [1.29, 1.82) is 0 Å². The summed E-state index contributed by atoms with van der Waals surface area (Å²) in [5, 5.41) is 7.89. The van der Waals surface area contributed by atoms with Crippen molar-refractivity contribution in [3.63, 3.8) is 0 Å². The zero-order valence-corrected chi connectivity index (χ0v) is 20.5. The first-order valence-corrected chi connectivity index (χ1v) is 12.3. The Kier molecular flexibility index (Phi) is 6.86. The number of para-hydroxylation sites is 1. The van der Waals surface area contributed by atoms with Crippen molar-refractivity contribution < 1.29 is 13.9 Å². The van der Waals surface area contributed by atoms with Gasteiger partial charge in [-0.25, -0.2) is 13.9 Å². The second-order valence-electron chi connectivity index (χ2n) is 8.81. The molecule has 0 aliphatic carbocycles. The lowest BCUT2D eigenvalue weighted by molar-refractivity contribution is 0.143. The molecule has 1 N–H and O–H groups in total. The Morgan fingerprint density at radius 1 is 1.14 bits per heavy atom. The van der Waals surface area contributed by atoms with Crippen molar-refractivity contribution in [2.24, 2.45) is 0 Å². The van der Waals surface area contributed by atoms with E-state index in [1.165, 1.54) is 12.1 Å². The highest BCUT2D eigenvalue weighted by Crippen LogP contribution is 2.38. The minimum Gasteiger partial charge on any atom is -0.382 e. The summed E-state index contributed by atoms with van der Waals surface area (Å²) < 4.78 is 23.8. The van der Waals surface area contributed by atoms with Gasteiger partial charge in [0.15, 0.2) is 0 Å². The lowest BCUT2D eigenvalue weighted by Gasteiger charge is -2.31. The SMILES string of the molecule is CCOCCCNC(=O)N1Cc2c(C)nn(-c3ccccc3)c2-n2cccc2[C@H]1c1cccc(F)c1. The lowest BCUT2D eigenvalue weighted by atomic mass is 10.0. The van der Waals surface area contributed by atoms with E-state index in [1.807, 2.05) is 73.3 Å². The number of nitrogens with one attached hydrogen (secondary N) is 1. The van der Waals surface area contributed by atoms with E-state index in [0.29, 0.717) is 38.3 Å². The number of aromatic nitrogens is 3. The van der Waals surface area contributed by atoms with Gasteiger partial charge in [0.25, 0.3) is 0 Å². The van der Waals surface area contributed by atoms with Crippen molar-refractivity contribution in [3.05, 3.63) is 101 Å². The molecule has 186 valence electrons. The van der Waals surface area contributed by atoms with Crippen LogP contribution >= 0.6 is 0 Å². The van der Waals surface area contributed by atoms with Gasteiger partial charge in [0.2, 0.25) is 0 Å². The molecule has 0 unspecified atom stereocenters. The van der Waals surface area contributed by atoms with E-state index in [-0.39, 0.29) is 11.8 Å². The van der Waals surface area contributed by atoms with Crippen LogP contribution in [0.4, 0.5) is 9.18 Å². The molecule has 2 amide bonds. The van der Waals surface area contributed by atoms with Crippen molar-refractivity contribution in [2.75, 3.05) is 19.8 Å². The maximum Gasteiger partial charge on any atom is 0.318 e. The number of nitrogens with zero attached hydrogens (tertiary/aromatic N) is 4. The quantitative estimate of drug-likeness (QED) is 0.367. The van der Waals surface area contributed by atoms with Gasteiger partial charge in [-0.15, -0.1) is 0 Å². The summed E-state index contributed by atoms with van der Waals surface area (Å²) in [5.74, 6) is 0.544. The number of halogens is 1. The van der Waals surface area contributed by atoms with Gasteiger partial charge >= 0.3 is 6.03 Å². The minimum atomic E-state index is -0.487. The van der Waals surface area contributed by atoms with Gasteiger partial charge in [-0.1, -0.05) is 30.3 Å². The summed E-state index contributed by atoms with van der Waals surface area (Å²) in [6, 6.07) is 19.6. The van der Waals surface area contributed by atoms with E-state index >= 15 is 0 Å². The van der Waals surface area contributed by atoms with E-state index in [9.17, 15) is 9.18 Å². The van der Waals surface area contributed by atoms with Crippen molar-refractivity contribution >= 4 is 6.03 Å². The molecule has 1 atom stereocenters. The molecule has 0 saturated carbocycles. The van der Waals surface area contributed by atoms with Crippen LogP contribution in [-0.4, -0.2) is 45.0 Å². The van der Waals surface area contributed by atoms with Crippen LogP contribution in [0, 0.1) is 12.7 Å². The highest BCUT2D eigenvalue weighted by molar-refractivity contribution is 5.76. The third-order valence-electron chi connectivity index (χ3n) is 6.46. The number of aryl methyl sites for hydroxylation is 1. The van der Waals surface area contributed by atoms with E-state index in [2.05, 4.69) is 9.88 Å². The first-order valence-electron chi connectivity index (χ1n) is 12.3. The molecular weight excluding hydrogens is 457 g/mol. The second-order valence-corrected chi connectivity index (χ2v) is 8.81. The molecule has 0 fully saturated rings. The summed E-state index contributed by atoms with van der Waals surface area (Å²) in [6.07, 6.45) is 2.69. The molecule has 2 aromatic heterocycles. The van der Waals surface area contributed by atoms with Crippen LogP contribution in [0.1, 0.15) is 41.9 Å². The van der Waals surface area contributed by atoms with Crippen LogP contribution in [-0.2, 0) is 11.3 Å². The molecule has 3 heterocycles. The number of rotatable bonds is 7. The molecular formula is C28H30FN5O2. The van der Waals surface area contributed by atoms with Gasteiger partial charge in [0.05, 0.1) is 29.7 Å². The van der Waals surface area contributed by atoms with Gasteiger partial charge in [0, 0.05) is 31.5 Å². The molecule has 5 rings (SSSR count). The number of ether oxygens (including phenoxy) is 1. The Morgan fingerprint density at radius 2 is 1.97 bits per heavy atom. The summed E-state index contributed by atoms with van der Waals surface area (Å²) in [4.78, 5) is 15.4. The number of amides is 2.